The standard InChI is InChI=1S/C10H16O3/c1-7-10(5-4-8(11)6-10)13-9(2,3)12-7/h4-5,7-8,11H,6H2,1-3H3/t7-,8+,10-/m0/s1. The Morgan fingerprint density at radius 2 is 2.15 bits per heavy atom. The quantitative estimate of drug-likeness (QED) is 0.575. The molecule has 1 heterocycles. The first-order valence-corrected chi connectivity index (χ1v) is 4.69. The lowest BCUT2D eigenvalue weighted by atomic mass is 9.97. The molecular weight excluding hydrogens is 168 g/mol. The van der Waals surface area contributed by atoms with Crippen LogP contribution in [0, 0.1) is 0 Å². The number of aliphatic hydroxyl groups excluding tert-OH is 1. The van der Waals surface area contributed by atoms with Gasteiger partial charge in [0.1, 0.15) is 5.60 Å². The second-order valence-electron chi connectivity index (χ2n) is 4.35. The molecule has 3 nitrogen and oxygen atoms in total. The number of rotatable bonds is 0. The highest BCUT2D eigenvalue weighted by Gasteiger charge is 2.52. The van der Waals surface area contributed by atoms with Crippen molar-refractivity contribution in [2.75, 3.05) is 0 Å². The molecule has 3 heteroatoms. The van der Waals surface area contributed by atoms with Gasteiger partial charge in [-0.25, -0.2) is 0 Å². The van der Waals surface area contributed by atoms with Crippen molar-refractivity contribution in [3.63, 3.8) is 0 Å². The van der Waals surface area contributed by atoms with Gasteiger partial charge in [0.15, 0.2) is 5.79 Å². The molecule has 0 saturated carbocycles. The maximum Gasteiger partial charge on any atom is 0.164 e. The third kappa shape index (κ3) is 1.41. The van der Waals surface area contributed by atoms with E-state index in [4.69, 9.17) is 9.47 Å². The Labute approximate surface area is 78.3 Å². The van der Waals surface area contributed by atoms with Gasteiger partial charge >= 0.3 is 0 Å². The summed E-state index contributed by atoms with van der Waals surface area (Å²) in [5.74, 6) is -0.534. The van der Waals surface area contributed by atoms with E-state index in [0.717, 1.165) is 0 Å². The van der Waals surface area contributed by atoms with Gasteiger partial charge in [-0.2, -0.15) is 0 Å². The third-order valence-electron chi connectivity index (χ3n) is 2.71. The molecule has 0 radical (unpaired) electrons. The third-order valence-corrected chi connectivity index (χ3v) is 2.71. The van der Waals surface area contributed by atoms with Gasteiger partial charge in [-0.05, 0) is 20.8 Å². The van der Waals surface area contributed by atoms with Crippen LogP contribution in [-0.4, -0.2) is 28.7 Å². The lowest BCUT2D eigenvalue weighted by Gasteiger charge is -2.25. The Bertz CT molecular complexity index is 247. The van der Waals surface area contributed by atoms with Gasteiger partial charge in [0, 0.05) is 6.42 Å². The summed E-state index contributed by atoms with van der Waals surface area (Å²) in [5.41, 5.74) is -0.400. The minimum Gasteiger partial charge on any atom is -0.389 e. The Morgan fingerprint density at radius 1 is 1.46 bits per heavy atom. The Hall–Kier alpha value is -0.380. The molecule has 74 valence electrons. The molecule has 0 aromatic heterocycles. The Balaban J connectivity index is 2.22. The molecule has 1 fully saturated rings. The van der Waals surface area contributed by atoms with E-state index in [1.165, 1.54) is 0 Å². The van der Waals surface area contributed by atoms with E-state index in [1.807, 2.05) is 26.8 Å². The van der Waals surface area contributed by atoms with Gasteiger partial charge in [-0.1, -0.05) is 12.2 Å². The maximum atomic E-state index is 9.42. The van der Waals surface area contributed by atoms with Crippen molar-refractivity contribution in [3.05, 3.63) is 12.2 Å². The van der Waals surface area contributed by atoms with Gasteiger partial charge in [-0.15, -0.1) is 0 Å². The summed E-state index contributed by atoms with van der Waals surface area (Å²) >= 11 is 0. The smallest absolute Gasteiger partial charge is 0.164 e. The number of hydrogen-bond donors (Lipinski definition) is 1. The van der Waals surface area contributed by atoms with Crippen LogP contribution in [0.2, 0.25) is 0 Å². The highest BCUT2D eigenvalue weighted by molar-refractivity contribution is 5.18. The van der Waals surface area contributed by atoms with E-state index in [1.54, 1.807) is 6.08 Å². The molecule has 2 aliphatic rings. The first-order valence-electron chi connectivity index (χ1n) is 4.69. The van der Waals surface area contributed by atoms with Crippen LogP contribution >= 0.6 is 0 Å². The summed E-state index contributed by atoms with van der Waals surface area (Å²) in [4.78, 5) is 0. The van der Waals surface area contributed by atoms with Crippen molar-refractivity contribution in [3.8, 4) is 0 Å². The summed E-state index contributed by atoms with van der Waals surface area (Å²) in [6.45, 7) is 5.78. The highest BCUT2D eigenvalue weighted by atomic mass is 16.8. The second-order valence-corrected chi connectivity index (χ2v) is 4.35. The van der Waals surface area contributed by atoms with Crippen molar-refractivity contribution in [1.82, 2.24) is 0 Å². The van der Waals surface area contributed by atoms with Crippen LogP contribution in [0.4, 0.5) is 0 Å². The minimum absolute atomic E-state index is 0.0101. The largest absolute Gasteiger partial charge is 0.389 e. The zero-order valence-corrected chi connectivity index (χ0v) is 8.28. The average Bonchev–Trinajstić information content (AvgIpc) is 2.39. The molecule has 0 unspecified atom stereocenters. The fraction of sp³-hybridized carbons (Fsp3) is 0.800. The van der Waals surface area contributed by atoms with Crippen LogP contribution in [0.1, 0.15) is 27.2 Å². The second kappa shape index (κ2) is 2.56. The molecule has 0 aromatic carbocycles. The monoisotopic (exact) mass is 184 g/mol. The summed E-state index contributed by atoms with van der Waals surface area (Å²) in [7, 11) is 0. The molecule has 1 saturated heterocycles. The van der Waals surface area contributed by atoms with Crippen molar-refractivity contribution in [1.29, 1.82) is 0 Å². The molecule has 0 aromatic rings. The highest BCUT2D eigenvalue weighted by Crippen LogP contribution is 2.43. The van der Waals surface area contributed by atoms with Gasteiger partial charge in [-0.3, -0.25) is 0 Å². The molecule has 1 N–H and O–H groups in total. The topological polar surface area (TPSA) is 38.7 Å². The molecule has 0 amide bonds. The van der Waals surface area contributed by atoms with E-state index >= 15 is 0 Å². The molecule has 1 spiro atoms. The average molecular weight is 184 g/mol. The van der Waals surface area contributed by atoms with Gasteiger partial charge in [0.25, 0.3) is 0 Å². The molecule has 2 rings (SSSR count). The number of ether oxygens (including phenoxy) is 2. The minimum atomic E-state index is -0.534. The van der Waals surface area contributed by atoms with Crippen molar-refractivity contribution in [2.45, 2.75) is 50.8 Å². The predicted octanol–water partition coefficient (Wildman–Crippen LogP) is 1.22. The maximum absolute atomic E-state index is 9.42. The van der Waals surface area contributed by atoms with Gasteiger partial charge < -0.3 is 14.6 Å². The Kier molecular flexibility index (Phi) is 1.81. The van der Waals surface area contributed by atoms with E-state index < -0.39 is 11.4 Å². The van der Waals surface area contributed by atoms with Crippen LogP contribution in [0.25, 0.3) is 0 Å². The molecular formula is C10H16O3. The fourth-order valence-corrected chi connectivity index (χ4v) is 2.20. The van der Waals surface area contributed by atoms with Crippen LogP contribution in [-0.2, 0) is 9.47 Å². The summed E-state index contributed by atoms with van der Waals surface area (Å²) in [6, 6.07) is 0. The normalized spacial score (nSPS) is 47.7. The van der Waals surface area contributed by atoms with Crippen molar-refractivity contribution < 1.29 is 14.6 Å². The summed E-state index contributed by atoms with van der Waals surface area (Å²) in [5, 5.41) is 9.42. The van der Waals surface area contributed by atoms with E-state index in [9.17, 15) is 5.11 Å². The molecule has 13 heavy (non-hydrogen) atoms. The fourth-order valence-electron chi connectivity index (χ4n) is 2.20. The summed E-state index contributed by atoms with van der Waals surface area (Å²) < 4.78 is 11.5. The van der Waals surface area contributed by atoms with Crippen molar-refractivity contribution in [2.24, 2.45) is 0 Å². The Morgan fingerprint density at radius 3 is 2.54 bits per heavy atom. The molecule has 3 atom stereocenters. The van der Waals surface area contributed by atoms with Crippen LogP contribution in [0.3, 0.4) is 0 Å². The van der Waals surface area contributed by atoms with Gasteiger partial charge in [0.05, 0.1) is 12.2 Å². The van der Waals surface area contributed by atoms with Crippen LogP contribution in [0.15, 0.2) is 12.2 Å². The lowest BCUT2D eigenvalue weighted by molar-refractivity contribution is -0.156. The van der Waals surface area contributed by atoms with E-state index in [2.05, 4.69) is 0 Å². The molecule has 1 aliphatic carbocycles. The van der Waals surface area contributed by atoms with Crippen molar-refractivity contribution >= 4 is 0 Å². The zero-order valence-electron chi connectivity index (χ0n) is 8.28. The lowest BCUT2D eigenvalue weighted by Crippen LogP contribution is -2.36. The predicted molar refractivity (Wildman–Crippen MR) is 48.2 cm³/mol. The first-order chi connectivity index (χ1) is 5.94. The van der Waals surface area contributed by atoms with Crippen LogP contribution in [0.5, 0.6) is 0 Å². The number of aliphatic hydroxyl groups is 1. The first kappa shape index (κ1) is 9.19. The zero-order chi connectivity index (χ0) is 9.69. The van der Waals surface area contributed by atoms with E-state index in [-0.39, 0.29) is 12.2 Å². The molecule has 1 aliphatic heterocycles. The SMILES string of the molecule is C[C@@H]1OC(C)(C)O[C@]12C=C[C@@H](O)C2. The number of hydrogen-bond acceptors (Lipinski definition) is 3. The van der Waals surface area contributed by atoms with Crippen LogP contribution < -0.4 is 0 Å². The summed E-state index contributed by atoms with van der Waals surface area (Å²) in [6.07, 6.45) is 3.94. The van der Waals surface area contributed by atoms with E-state index in [0.29, 0.717) is 6.42 Å². The van der Waals surface area contributed by atoms with Gasteiger partial charge in [0.2, 0.25) is 0 Å². The molecule has 0 bridgehead atoms.